The van der Waals surface area contributed by atoms with E-state index in [-0.39, 0.29) is 12.1 Å². The van der Waals surface area contributed by atoms with E-state index in [4.69, 9.17) is 4.74 Å². The monoisotopic (exact) mass is 244 g/mol. The zero-order valence-corrected chi connectivity index (χ0v) is 10.7. The lowest BCUT2D eigenvalue weighted by Crippen LogP contribution is -2.28. The molecule has 0 spiro atoms. The van der Waals surface area contributed by atoms with E-state index in [9.17, 15) is 4.79 Å². The highest BCUT2D eigenvalue weighted by Gasteiger charge is 2.29. The van der Waals surface area contributed by atoms with Crippen LogP contribution in [0.1, 0.15) is 43.6 Å². The molecule has 0 aliphatic heterocycles. The smallest absolute Gasteiger partial charge is 0.309 e. The van der Waals surface area contributed by atoms with E-state index in [2.05, 4.69) is 18.7 Å². The van der Waals surface area contributed by atoms with Crippen LogP contribution in [0.4, 0.5) is 0 Å². The molecule has 1 saturated carbocycles. The predicted molar refractivity (Wildman–Crippen MR) is 72.3 cm³/mol. The molecule has 0 N–H and O–H groups in total. The van der Waals surface area contributed by atoms with Crippen molar-refractivity contribution in [1.82, 2.24) is 0 Å². The van der Waals surface area contributed by atoms with Crippen molar-refractivity contribution in [2.75, 3.05) is 0 Å². The molecule has 1 aliphatic rings. The second kappa shape index (κ2) is 6.39. The summed E-state index contributed by atoms with van der Waals surface area (Å²) in [5, 5.41) is 0. The normalized spacial score (nSPS) is 23.3. The van der Waals surface area contributed by atoms with Crippen LogP contribution in [0.15, 0.2) is 43.0 Å². The molecular formula is C16H20O2. The summed E-state index contributed by atoms with van der Waals surface area (Å²) in [4.78, 5) is 11.6. The number of carbonyl (C=O) groups excluding carboxylic acids is 1. The van der Waals surface area contributed by atoms with E-state index in [0.29, 0.717) is 12.3 Å². The summed E-state index contributed by atoms with van der Waals surface area (Å²) in [7, 11) is 0. The second-order valence-electron chi connectivity index (χ2n) is 4.82. The van der Waals surface area contributed by atoms with Crippen LogP contribution in [0.25, 0.3) is 0 Å². The predicted octanol–water partition coefficient (Wildman–Crippen LogP) is 3.83. The summed E-state index contributed by atoms with van der Waals surface area (Å²) in [5.41, 5.74) is 1.29. The van der Waals surface area contributed by atoms with Gasteiger partial charge in [0.2, 0.25) is 0 Å². The van der Waals surface area contributed by atoms with Gasteiger partial charge in [0.1, 0.15) is 6.10 Å². The Morgan fingerprint density at radius 3 is 2.72 bits per heavy atom. The van der Waals surface area contributed by atoms with Crippen LogP contribution >= 0.6 is 0 Å². The third kappa shape index (κ3) is 3.22. The molecule has 0 bridgehead atoms. The van der Waals surface area contributed by atoms with E-state index in [0.717, 1.165) is 19.3 Å². The fourth-order valence-corrected chi connectivity index (χ4v) is 2.65. The molecule has 96 valence electrons. The Labute approximate surface area is 109 Å². The molecule has 0 heterocycles. The molecule has 0 saturated heterocycles. The zero-order valence-electron chi connectivity index (χ0n) is 10.7. The average molecular weight is 244 g/mol. The van der Waals surface area contributed by atoms with Gasteiger partial charge in [-0.05, 0) is 24.8 Å². The first-order chi connectivity index (χ1) is 8.81. The zero-order chi connectivity index (χ0) is 12.8. The largest absolute Gasteiger partial charge is 0.461 e. The molecule has 1 unspecified atom stereocenters. The number of hydrogen-bond acceptors (Lipinski definition) is 2. The van der Waals surface area contributed by atoms with Crippen LogP contribution in [-0.2, 0) is 9.53 Å². The van der Waals surface area contributed by atoms with Gasteiger partial charge in [-0.15, -0.1) is 6.58 Å². The molecule has 2 rings (SSSR count). The van der Waals surface area contributed by atoms with Gasteiger partial charge in [-0.3, -0.25) is 4.79 Å². The molecule has 0 radical (unpaired) electrons. The Hall–Kier alpha value is -1.57. The Morgan fingerprint density at radius 1 is 1.28 bits per heavy atom. The Morgan fingerprint density at radius 2 is 2.00 bits per heavy atom. The second-order valence-corrected chi connectivity index (χ2v) is 4.82. The fraction of sp³-hybridized carbons (Fsp3) is 0.438. The third-order valence-corrected chi connectivity index (χ3v) is 3.52. The van der Waals surface area contributed by atoms with Crippen LogP contribution in [0.5, 0.6) is 0 Å². The molecule has 0 aromatic heterocycles. The summed E-state index contributed by atoms with van der Waals surface area (Å²) >= 11 is 0. The third-order valence-electron chi connectivity index (χ3n) is 3.52. The van der Waals surface area contributed by atoms with Crippen molar-refractivity contribution in [2.24, 2.45) is 0 Å². The lowest BCUT2D eigenvalue weighted by molar-refractivity contribution is -0.150. The van der Waals surface area contributed by atoms with Gasteiger partial charge < -0.3 is 4.74 Å². The Kier molecular flexibility index (Phi) is 4.57. The van der Waals surface area contributed by atoms with Crippen molar-refractivity contribution < 1.29 is 9.53 Å². The minimum absolute atomic E-state index is 0.0357. The minimum atomic E-state index is -0.155. The first-order valence-corrected chi connectivity index (χ1v) is 6.66. The van der Waals surface area contributed by atoms with Gasteiger partial charge in [-0.2, -0.15) is 0 Å². The molecule has 2 heteroatoms. The fourth-order valence-electron chi connectivity index (χ4n) is 2.65. The van der Waals surface area contributed by atoms with Crippen molar-refractivity contribution in [3.8, 4) is 0 Å². The average Bonchev–Trinajstić information content (AvgIpc) is 2.40. The van der Waals surface area contributed by atoms with Crippen molar-refractivity contribution in [1.29, 1.82) is 0 Å². The Bertz CT molecular complexity index is 397. The van der Waals surface area contributed by atoms with Gasteiger partial charge in [0.15, 0.2) is 0 Å². The Balaban J connectivity index is 2.06. The molecule has 0 amide bonds. The number of rotatable bonds is 4. The lowest BCUT2D eigenvalue weighted by Gasteiger charge is -2.31. The van der Waals surface area contributed by atoms with E-state index >= 15 is 0 Å². The van der Waals surface area contributed by atoms with Crippen molar-refractivity contribution >= 4 is 5.97 Å². The molecule has 1 aromatic carbocycles. The summed E-state index contributed by atoms with van der Waals surface area (Å²) in [6, 6.07) is 10.4. The van der Waals surface area contributed by atoms with Crippen molar-refractivity contribution in [2.45, 2.75) is 44.1 Å². The highest BCUT2D eigenvalue weighted by Crippen LogP contribution is 2.35. The molecule has 1 fully saturated rings. The van der Waals surface area contributed by atoms with Gasteiger partial charge in [-0.25, -0.2) is 0 Å². The van der Waals surface area contributed by atoms with Crippen LogP contribution < -0.4 is 0 Å². The van der Waals surface area contributed by atoms with E-state index < -0.39 is 0 Å². The van der Waals surface area contributed by atoms with Crippen LogP contribution in [-0.4, -0.2) is 12.1 Å². The number of benzene rings is 1. The van der Waals surface area contributed by atoms with Crippen LogP contribution in [0.3, 0.4) is 0 Å². The van der Waals surface area contributed by atoms with Gasteiger partial charge >= 0.3 is 5.97 Å². The van der Waals surface area contributed by atoms with Crippen molar-refractivity contribution in [3.63, 3.8) is 0 Å². The molecule has 1 aliphatic carbocycles. The van der Waals surface area contributed by atoms with Gasteiger partial charge in [-0.1, -0.05) is 42.8 Å². The molecule has 2 atom stereocenters. The number of ether oxygens (including phenoxy) is 1. The molecule has 2 nitrogen and oxygen atoms in total. The van der Waals surface area contributed by atoms with Gasteiger partial charge in [0.05, 0.1) is 6.42 Å². The first-order valence-electron chi connectivity index (χ1n) is 6.66. The summed E-state index contributed by atoms with van der Waals surface area (Å²) in [6.45, 7) is 3.57. The molecular weight excluding hydrogens is 224 g/mol. The van der Waals surface area contributed by atoms with Gasteiger partial charge in [0.25, 0.3) is 0 Å². The minimum Gasteiger partial charge on any atom is -0.461 e. The summed E-state index contributed by atoms with van der Waals surface area (Å²) in [6.07, 6.45) is 6.39. The SMILES string of the molecule is C=CCC(=O)OC1CCCC[C@H]1c1ccccc1. The number of carbonyl (C=O) groups is 1. The number of esters is 1. The van der Waals surface area contributed by atoms with Gasteiger partial charge in [0, 0.05) is 5.92 Å². The maximum Gasteiger partial charge on any atom is 0.309 e. The lowest BCUT2D eigenvalue weighted by atomic mass is 9.81. The van der Waals surface area contributed by atoms with Crippen LogP contribution in [0.2, 0.25) is 0 Å². The summed E-state index contributed by atoms with van der Waals surface area (Å²) in [5.74, 6) is 0.201. The standard InChI is InChI=1S/C16H20O2/c1-2-8-16(17)18-15-12-7-6-11-14(15)13-9-4-3-5-10-13/h2-5,9-10,14-15H,1,6-8,11-12H2/t14-,15?/m0/s1. The quantitative estimate of drug-likeness (QED) is 0.594. The van der Waals surface area contributed by atoms with Crippen molar-refractivity contribution in [3.05, 3.63) is 48.6 Å². The molecule has 18 heavy (non-hydrogen) atoms. The maximum atomic E-state index is 11.6. The van der Waals surface area contributed by atoms with E-state index in [1.807, 2.05) is 18.2 Å². The van der Waals surface area contributed by atoms with E-state index in [1.54, 1.807) is 6.08 Å². The topological polar surface area (TPSA) is 26.3 Å². The maximum absolute atomic E-state index is 11.6. The highest BCUT2D eigenvalue weighted by atomic mass is 16.5. The summed E-state index contributed by atoms with van der Waals surface area (Å²) < 4.78 is 5.59. The first kappa shape index (κ1) is 12.9. The van der Waals surface area contributed by atoms with E-state index in [1.165, 1.54) is 12.0 Å². The highest BCUT2D eigenvalue weighted by molar-refractivity contribution is 5.71. The number of hydrogen-bond donors (Lipinski definition) is 0. The van der Waals surface area contributed by atoms with Crippen LogP contribution in [0, 0.1) is 0 Å². The molecule has 1 aromatic rings.